The molecule has 0 unspecified atom stereocenters. The molecule has 1 atom stereocenters. The van der Waals surface area contributed by atoms with Gasteiger partial charge in [-0.05, 0) is 19.4 Å². The Balaban J connectivity index is 0.000000758. The zero-order chi connectivity index (χ0) is 18.9. The fraction of sp³-hybridized carbons (Fsp3) is 0.562. The van der Waals surface area contributed by atoms with E-state index in [4.69, 9.17) is 14.6 Å². The molecule has 1 aliphatic rings. The van der Waals surface area contributed by atoms with Crippen LogP contribution in [0.25, 0.3) is 0 Å². The lowest BCUT2D eigenvalue weighted by molar-refractivity contribution is -0.133. The van der Waals surface area contributed by atoms with Crippen LogP contribution in [-0.4, -0.2) is 60.6 Å². The van der Waals surface area contributed by atoms with E-state index in [1.165, 1.54) is 0 Å². The van der Waals surface area contributed by atoms with E-state index in [0.29, 0.717) is 26.1 Å². The highest BCUT2D eigenvalue weighted by molar-refractivity contribution is 5.76. The minimum absolute atomic E-state index is 0.159. The Hall–Kier alpha value is -2.75. The van der Waals surface area contributed by atoms with Crippen molar-refractivity contribution in [3.05, 3.63) is 30.1 Å². The fourth-order valence-electron chi connectivity index (χ4n) is 3.01. The van der Waals surface area contributed by atoms with E-state index < -0.39 is 0 Å². The summed E-state index contributed by atoms with van der Waals surface area (Å²) in [6.45, 7) is 4.23. The van der Waals surface area contributed by atoms with Gasteiger partial charge in [-0.25, -0.2) is 0 Å². The number of methoxy groups -OCH3 is 1. The molecule has 2 aromatic rings. The van der Waals surface area contributed by atoms with Gasteiger partial charge in [-0.2, -0.15) is 5.10 Å². The van der Waals surface area contributed by atoms with E-state index in [9.17, 15) is 4.79 Å². The van der Waals surface area contributed by atoms with Crippen molar-refractivity contribution in [2.24, 2.45) is 0 Å². The van der Waals surface area contributed by atoms with Crippen molar-refractivity contribution in [2.45, 2.75) is 45.5 Å². The fourth-order valence-corrected chi connectivity index (χ4v) is 3.01. The van der Waals surface area contributed by atoms with Crippen LogP contribution in [-0.2, 0) is 34.0 Å². The average Bonchev–Trinajstić information content (AvgIpc) is 3.26. The number of ether oxygens (including phenoxy) is 1. The second-order valence-electron chi connectivity index (χ2n) is 5.94. The van der Waals surface area contributed by atoms with Gasteiger partial charge < -0.3 is 19.3 Å². The number of hydrogen-bond acceptors (Lipinski definition) is 6. The van der Waals surface area contributed by atoms with E-state index in [1.807, 2.05) is 21.8 Å². The number of carbonyl (C=O) groups excluding carboxylic acids is 1. The van der Waals surface area contributed by atoms with Crippen molar-refractivity contribution in [1.82, 2.24) is 29.4 Å². The number of hydrogen-bond donors (Lipinski definition) is 1. The average molecular weight is 364 g/mol. The van der Waals surface area contributed by atoms with E-state index in [1.54, 1.807) is 13.3 Å². The molecule has 0 fully saturated rings. The van der Waals surface area contributed by atoms with Gasteiger partial charge in [0.15, 0.2) is 11.6 Å². The largest absolute Gasteiger partial charge is 0.483 e. The Labute approximate surface area is 151 Å². The first-order valence-electron chi connectivity index (χ1n) is 8.35. The first-order valence-corrected chi connectivity index (χ1v) is 8.35. The number of amides is 1. The summed E-state index contributed by atoms with van der Waals surface area (Å²) >= 11 is 0. The van der Waals surface area contributed by atoms with Crippen molar-refractivity contribution < 1.29 is 19.4 Å². The Morgan fingerprint density at radius 1 is 1.46 bits per heavy atom. The van der Waals surface area contributed by atoms with Crippen molar-refractivity contribution in [2.75, 3.05) is 13.7 Å². The van der Waals surface area contributed by atoms with Gasteiger partial charge in [-0.1, -0.05) is 0 Å². The van der Waals surface area contributed by atoms with E-state index in [2.05, 4.69) is 26.8 Å². The molecule has 0 saturated carbocycles. The van der Waals surface area contributed by atoms with Gasteiger partial charge in [0, 0.05) is 39.0 Å². The van der Waals surface area contributed by atoms with Gasteiger partial charge in [0.05, 0.1) is 12.6 Å². The van der Waals surface area contributed by atoms with E-state index in [0.717, 1.165) is 24.6 Å². The molecule has 0 bridgehead atoms. The summed E-state index contributed by atoms with van der Waals surface area (Å²) in [6.07, 6.45) is 4.96. The highest BCUT2D eigenvalue weighted by Crippen LogP contribution is 2.22. The first kappa shape index (κ1) is 19.6. The smallest absolute Gasteiger partial charge is 0.290 e. The molecule has 1 aliphatic heterocycles. The molecule has 10 nitrogen and oxygen atoms in total. The molecule has 0 spiro atoms. The minimum atomic E-state index is -0.250. The molecule has 26 heavy (non-hydrogen) atoms. The van der Waals surface area contributed by atoms with Gasteiger partial charge >= 0.3 is 0 Å². The molecule has 142 valence electrons. The van der Waals surface area contributed by atoms with Crippen molar-refractivity contribution >= 4 is 12.4 Å². The van der Waals surface area contributed by atoms with Gasteiger partial charge in [0.1, 0.15) is 6.61 Å². The number of aryl methyl sites for hydroxylation is 1. The summed E-state index contributed by atoms with van der Waals surface area (Å²) in [6, 6.07) is 2.05. The maximum atomic E-state index is 12.4. The van der Waals surface area contributed by atoms with E-state index >= 15 is 0 Å². The van der Waals surface area contributed by atoms with Crippen molar-refractivity contribution in [1.29, 1.82) is 0 Å². The van der Waals surface area contributed by atoms with Crippen LogP contribution in [0.15, 0.2) is 18.5 Å². The van der Waals surface area contributed by atoms with Gasteiger partial charge in [0.25, 0.3) is 6.47 Å². The quantitative estimate of drug-likeness (QED) is 0.750. The SMILES string of the molecule is COCc1nnc2n1[C@@H](C)CN(C(=O)CCCn1cccn1)C2.O=CO. The lowest BCUT2D eigenvalue weighted by Crippen LogP contribution is -2.40. The number of carbonyl (C=O) groups is 2. The second-order valence-corrected chi connectivity index (χ2v) is 5.94. The Morgan fingerprint density at radius 2 is 2.23 bits per heavy atom. The maximum Gasteiger partial charge on any atom is 0.290 e. The molecule has 0 aliphatic carbocycles. The lowest BCUT2D eigenvalue weighted by atomic mass is 10.2. The normalized spacial score (nSPS) is 15.8. The summed E-state index contributed by atoms with van der Waals surface area (Å²) in [5.74, 6) is 1.81. The molecule has 1 amide bonds. The molecule has 3 rings (SSSR count). The monoisotopic (exact) mass is 364 g/mol. The third-order valence-electron chi connectivity index (χ3n) is 4.06. The standard InChI is InChI=1S/C15H22N6O2.CH2O2/c1-12-9-19(10-13-17-18-14(11-23-2)21(12)13)15(22)5-3-7-20-8-4-6-16-20;2-1-3/h4,6,8,12H,3,5,7,9-11H2,1-2H3;1H,(H,2,3)/t12-;/m0./s1. The molecule has 10 heteroatoms. The van der Waals surface area contributed by atoms with Gasteiger partial charge in [-0.15, -0.1) is 10.2 Å². The molecule has 2 aromatic heterocycles. The Morgan fingerprint density at radius 3 is 2.88 bits per heavy atom. The highest BCUT2D eigenvalue weighted by atomic mass is 16.5. The number of fused-ring (bicyclic) bond motifs is 1. The van der Waals surface area contributed by atoms with Gasteiger partial charge in [-0.3, -0.25) is 14.3 Å². The van der Waals surface area contributed by atoms with Crippen molar-refractivity contribution in [3.8, 4) is 0 Å². The van der Waals surface area contributed by atoms with Crippen molar-refractivity contribution in [3.63, 3.8) is 0 Å². The topological polar surface area (TPSA) is 115 Å². The summed E-state index contributed by atoms with van der Waals surface area (Å²) in [5.41, 5.74) is 0. The highest BCUT2D eigenvalue weighted by Gasteiger charge is 2.28. The van der Waals surface area contributed by atoms with E-state index in [-0.39, 0.29) is 18.4 Å². The van der Waals surface area contributed by atoms with Crippen LogP contribution in [0.1, 0.15) is 37.5 Å². The molecule has 0 aromatic carbocycles. The van der Waals surface area contributed by atoms with Crippen LogP contribution in [0.4, 0.5) is 0 Å². The number of rotatable bonds is 6. The zero-order valence-corrected chi connectivity index (χ0v) is 15.0. The molecular formula is C16H24N6O4. The van der Waals surface area contributed by atoms with Crippen LogP contribution in [0.5, 0.6) is 0 Å². The lowest BCUT2D eigenvalue weighted by Gasteiger charge is -2.32. The summed E-state index contributed by atoms with van der Waals surface area (Å²) < 4.78 is 9.08. The first-order chi connectivity index (χ1) is 12.6. The van der Waals surface area contributed by atoms with Gasteiger partial charge in [0.2, 0.25) is 5.91 Å². The Bertz CT molecular complexity index is 700. The second kappa shape index (κ2) is 9.66. The third-order valence-corrected chi connectivity index (χ3v) is 4.06. The van der Waals surface area contributed by atoms with Crippen LogP contribution in [0.2, 0.25) is 0 Å². The number of aromatic nitrogens is 5. The maximum absolute atomic E-state index is 12.4. The molecular weight excluding hydrogens is 340 g/mol. The zero-order valence-electron chi connectivity index (χ0n) is 15.0. The molecule has 1 N–H and O–H groups in total. The van der Waals surface area contributed by atoms with Crippen LogP contribution in [0.3, 0.4) is 0 Å². The molecule has 0 saturated heterocycles. The summed E-state index contributed by atoms with van der Waals surface area (Å²) in [7, 11) is 1.64. The number of nitrogens with zero attached hydrogens (tertiary/aromatic N) is 6. The van der Waals surface area contributed by atoms with Crippen LogP contribution in [0, 0.1) is 0 Å². The summed E-state index contributed by atoms with van der Waals surface area (Å²) in [5, 5.41) is 19.4. The van der Waals surface area contributed by atoms with Crippen LogP contribution < -0.4 is 0 Å². The third kappa shape index (κ3) is 4.88. The molecule has 0 radical (unpaired) electrons. The molecule has 3 heterocycles. The number of carboxylic acid groups (broad SMARTS) is 1. The predicted octanol–water partition coefficient (Wildman–Crippen LogP) is 0.705. The summed E-state index contributed by atoms with van der Waals surface area (Å²) in [4.78, 5) is 22.7. The predicted molar refractivity (Wildman–Crippen MR) is 91.0 cm³/mol. The Kier molecular flexibility index (Phi) is 7.27. The minimum Gasteiger partial charge on any atom is -0.483 e. The van der Waals surface area contributed by atoms with Crippen LogP contribution >= 0.6 is 0 Å².